The average Bonchev–Trinajstić information content (AvgIpc) is 3.34. The number of ketones is 3. The van der Waals surface area contributed by atoms with E-state index in [9.17, 15) is 14.4 Å². The van der Waals surface area contributed by atoms with Crippen molar-refractivity contribution in [2.75, 3.05) is 0 Å². The molecular weight excluding hydrogens is 517 g/mol. The van der Waals surface area contributed by atoms with Crippen LogP contribution >= 0.6 is 23.2 Å². The van der Waals surface area contributed by atoms with E-state index in [0.29, 0.717) is 49.1 Å². The Morgan fingerprint density at radius 3 is 1.63 bits per heavy atom. The van der Waals surface area contributed by atoms with Gasteiger partial charge in [-0.1, -0.05) is 108 Å². The van der Waals surface area contributed by atoms with Gasteiger partial charge in [0.05, 0.1) is 11.7 Å². The van der Waals surface area contributed by atoms with Gasteiger partial charge in [-0.2, -0.15) is 0 Å². The molecule has 0 fully saturated rings. The van der Waals surface area contributed by atoms with Crippen LogP contribution in [0.4, 0.5) is 0 Å². The third-order valence-electron chi connectivity index (χ3n) is 8.04. The van der Waals surface area contributed by atoms with E-state index < -0.39 is 17.4 Å². The first-order valence-electron chi connectivity index (χ1n) is 12.3. The van der Waals surface area contributed by atoms with Crippen LogP contribution in [0.1, 0.15) is 59.7 Å². The fourth-order valence-corrected chi connectivity index (χ4v) is 6.97. The first-order chi connectivity index (χ1) is 18.5. The normalized spacial score (nSPS) is 20.8. The van der Waals surface area contributed by atoms with E-state index >= 15 is 0 Å². The minimum absolute atomic E-state index is 0.221. The number of benzene rings is 4. The molecule has 0 saturated carbocycles. The average molecular weight is 536 g/mol. The Morgan fingerprint density at radius 2 is 1.05 bits per heavy atom. The predicted octanol–water partition coefficient (Wildman–Crippen LogP) is 7.09. The number of carbonyl (C=O) groups excluding carboxylic acids is 3. The molecule has 0 saturated heterocycles. The van der Waals surface area contributed by atoms with Crippen molar-refractivity contribution < 1.29 is 14.4 Å². The van der Waals surface area contributed by atoms with Gasteiger partial charge in [-0.05, 0) is 23.3 Å². The molecule has 38 heavy (non-hydrogen) atoms. The second-order valence-corrected chi connectivity index (χ2v) is 10.6. The van der Waals surface area contributed by atoms with Gasteiger partial charge < -0.3 is 5.32 Å². The maximum atomic E-state index is 14.7. The van der Waals surface area contributed by atoms with Gasteiger partial charge in [0.2, 0.25) is 0 Å². The molecule has 7 rings (SSSR count). The number of carbonyl (C=O) groups is 3. The molecule has 1 heterocycles. The molecule has 1 aliphatic heterocycles. The fraction of sp³-hybridized carbons (Fsp3) is 0.0938. The van der Waals surface area contributed by atoms with Crippen LogP contribution in [0, 0.1) is 5.41 Å². The summed E-state index contributed by atoms with van der Waals surface area (Å²) in [5, 5.41) is 4.29. The van der Waals surface area contributed by atoms with E-state index in [2.05, 4.69) is 5.32 Å². The first-order valence-corrected chi connectivity index (χ1v) is 13.0. The number of fused-ring (bicyclic) bond motifs is 3. The summed E-state index contributed by atoms with van der Waals surface area (Å²) < 4.78 is 0. The molecular formula is C32H19Cl2NO3. The Bertz CT molecular complexity index is 1720. The molecule has 2 atom stereocenters. The number of Topliss-reactive ketones (excluding diaryl/α,β-unsaturated/α-hetero) is 3. The Hall–Kier alpha value is -3.99. The lowest BCUT2D eigenvalue weighted by molar-refractivity contribution is 0.0583. The van der Waals surface area contributed by atoms with E-state index in [1.165, 1.54) is 0 Å². The SMILES string of the molecule is O=C1C2=C(NC(c3ccccc3Cl)C3(C(=O)c4ccccc4C3=O)C2c2ccccc2Cl)c2ccccc21. The quantitative estimate of drug-likeness (QED) is 0.278. The number of rotatable bonds is 2. The second-order valence-electron chi connectivity index (χ2n) is 9.79. The molecule has 0 amide bonds. The van der Waals surface area contributed by atoms with Gasteiger partial charge in [0.1, 0.15) is 5.41 Å². The lowest BCUT2D eigenvalue weighted by Crippen LogP contribution is -2.53. The van der Waals surface area contributed by atoms with Gasteiger partial charge in [0, 0.05) is 43.8 Å². The third-order valence-corrected chi connectivity index (χ3v) is 8.73. The van der Waals surface area contributed by atoms with Crippen molar-refractivity contribution in [2.24, 2.45) is 5.41 Å². The summed E-state index contributed by atoms with van der Waals surface area (Å²) >= 11 is 13.5. The lowest BCUT2D eigenvalue weighted by Gasteiger charge is -2.46. The minimum atomic E-state index is -1.73. The van der Waals surface area contributed by atoms with Crippen LogP contribution in [0.2, 0.25) is 10.0 Å². The van der Waals surface area contributed by atoms with Crippen LogP contribution in [0.25, 0.3) is 5.70 Å². The van der Waals surface area contributed by atoms with Gasteiger partial charge >= 0.3 is 0 Å². The van der Waals surface area contributed by atoms with Crippen molar-refractivity contribution in [2.45, 2.75) is 12.0 Å². The molecule has 4 aromatic carbocycles. The second kappa shape index (κ2) is 8.26. The van der Waals surface area contributed by atoms with Crippen LogP contribution < -0.4 is 5.32 Å². The maximum absolute atomic E-state index is 14.7. The van der Waals surface area contributed by atoms with Gasteiger partial charge in [-0.15, -0.1) is 0 Å². The van der Waals surface area contributed by atoms with E-state index in [1.54, 1.807) is 60.7 Å². The highest BCUT2D eigenvalue weighted by atomic mass is 35.5. The van der Waals surface area contributed by atoms with Crippen molar-refractivity contribution in [3.05, 3.63) is 146 Å². The highest BCUT2D eigenvalue weighted by Gasteiger charge is 2.67. The van der Waals surface area contributed by atoms with Gasteiger partial charge in [0.25, 0.3) is 0 Å². The summed E-state index contributed by atoms with van der Waals surface area (Å²) in [7, 11) is 0. The summed E-state index contributed by atoms with van der Waals surface area (Å²) in [6, 6.07) is 27.6. The molecule has 4 nitrogen and oxygen atoms in total. The van der Waals surface area contributed by atoms with Crippen LogP contribution in [0.3, 0.4) is 0 Å². The summed E-state index contributed by atoms with van der Waals surface area (Å²) in [5.74, 6) is -1.87. The number of halogens is 2. The summed E-state index contributed by atoms with van der Waals surface area (Å²) in [6.45, 7) is 0. The van der Waals surface area contributed by atoms with Crippen molar-refractivity contribution in [1.82, 2.24) is 5.32 Å². The van der Waals surface area contributed by atoms with Crippen molar-refractivity contribution in [1.29, 1.82) is 0 Å². The smallest absolute Gasteiger partial charge is 0.192 e. The molecule has 2 unspecified atom stereocenters. The first kappa shape index (κ1) is 23.2. The van der Waals surface area contributed by atoms with E-state index in [0.717, 1.165) is 5.56 Å². The zero-order chi connectivity index (χ0) is 26.2. The molecule has 0 bridgehead atoms. The van der Waals surface area contributed by atoms with Crippen LogP contribution in [0.15, 0.2) is 103 Å². The topological polar surface area (TPSA) is 63.2 Å². The molecule has 6 heteroatoms. The Kier molecular flexibility index (Phi) is 5.03. The number of hydrogen-bond donors (Lipinski definition) is 1. The van der Waals surface area contributed by atoms with E-state index in [1.807, 2.05) is 36.4 Å². The van der Waals surface area contributed by atoms with Crippen LogP contribution in [-0.4, -0.2) is 17.3 Å². The standard InChI is InChI=1S/C32H19Cl2NO3/c33-23-15-7-5-13-21(23)26-25-27(17-9-1-2-10-18(17)28(25)36)35-29(22-14-6-8-16-24(22)34)32(26)30(37)19-11-3-4-12-20(19)31(32)38/h1-16,26,29,35H. The third kappa shape index (κ3) is 2.85. The molecule has 4 aromatic rings. The van der Waals surface area contributed by atoms with Crippen molar-refractivity contribution >= 4 is 46.2 Å². The summed E-state index contributed by atoms with van der Waals surface area (Å²) in [4.78, 5) is 43.4. The minimum Gasteiger partial charge on any atom is -0.376 e. The summed E-state index contributed by atoms with van der Waals surface area (Å²) in [5.41, 5.74) is 2.32. The zero-order valence-electron chi connectivity index (χ0n) is 19.9. The monoisotopic (exact) mass is 535 g/mol. The fourth-order valence-electron chi connectivity index (χ4n) is 6.48. The van der Waals surface area contributed by atoms with Gasteiger partial charge in [0.15, 0.2) is 17.3 Å². The Balaban J connectivity index is 1.63. The molecule has 1 N–H and O–H groups in total. The number of nitrogens with one attached hydrogen (secondary N) is 1. The number of hydrogen-bond acceptors (Lipinski definition) is 4. The number of allylic oxidation sites excluding steroid dienone is 1. The highest BCUT2D eigenvalue weighted by molar-refractivity contribution is 6.35. The Labute approximate surface area is 228 Å². The summed E-state index contributed by atoms with van der Waals surface area (Å²) in [6.07, 6.45) is 0. The highest BCUT2D eigenvalue weighted by Crippen LogP contribution is 2.63. The van der Waals surface area contributed by atoms with Crippen LogP contribution in [0.5, 0.6) is 0 Å². The van der Waals surface area contributed by atoms with Crippen molar-refractivity contribution in [3.63, 3.8) is 0 Å². The molecule has 2 aliphatic carbocycles. The van der Waals surface area contributed by atoms with Gasteiger partial charge in [-0.25, -0.2) is 0 Å². The molecule has 184 valence electrons. The predicted molar refractivity (Wildman–Crippen MR) is 147 cm³/mol. The van der Waals surface area contributed by atoms with E-state index in [4.69, 9.17) is 23.2 Å². The van der Waals surface area contributed by atoms with Crippen molar-refractivity contribution in [3.8, 4) is 0 Å². The molecule has 0 radical (unpaired) electrons. The van der Waals surface area contributed by atoms with E-state index in [-0.39, 0.29) is 17.3 Å². The van der Waals surface area contributed by atoms with Crippen LogP contribution in [-0.2, 0) is 0 Å². The largest absolute Gasteiger partial charge is 0.376 e. The molecule has 3 aliphatic rings. The maximum Gasteiger partial charge on any atom is 0.192 e. The van der Waals surface area contributed by atoms with Gasteiger partial charge in [-0.3, -0.25) is 14.4 Å². The Morgan fingerprint density at radius 1 is 0.579 bits per heavy atom. The zero-order valence-corrected chi connectivity index (χ0v) is 21.4. The lowest BCUT2D eigenvalue weighted by atomic mass is 9.58. The molecule has 1 spiro atoms. The molecule has 0 aromatic heterocycles.